The van der Waals surface area contributed by atoms with E-state index in [0.717, 1.165) is 16.1 Å². The Morgan fingerprint density at radius 1 is 1.37 bits per heavy atom. The number of alkyl halides is 3. The Bertz CT molecular complexity index is 855. The van der Waals surface area contributed by atoms with E-state index in [1.165, 1.54) is 16.4 Å². The number of nitrogens with zero attached hydrogens (tertiary/aromatic N) is 5. The van der Waals surface area contributed by atoms with Crippen molar-refractivity contribution < 1.29 is 18.0 Å². The number of rotatable bonds is 3. The Morgan fingerprint density at radius 2 is 2.19 bits per heavy atom. The monoisotopic (exact) mass is 397 g/mol. The zero-order valence-electron chi connectivity index (χ0n) is 14.6. The van der Waals surface area contributed by atoms with Crippen LogP contribution in [0.25, 0.3) is 0 Å². The number of pyridine rings is 1. The first-order valence-electron chi connectivity index (χ1n) is 8.65. The maximum absolute atomic E-state index is 13.7. The van der Waals surface area contributed by atoms with E-state index in [-0.39, 0.29) is 13.1 Å². The number of hydrogen-bond acceptors (Lipinski definition) is 6. The van der Waals surface area contributed by atoms with Gasteiger partial charge < -0.3 is 4.90 Å². The van der Waals surface area contributed by atoms with Crippen molar-refractivity contribution in [2.75, 3.05) is 24.5 Å². The van der Waals surface area contributed by atoms with E-state index in [4.69, 9.17) is 0 Å². The molecule has 0 aliphatic carbocycles. The van der Waals surface area contributed by atoms with Crippen LogP contribution in [0.3, 0.4) is 0 Å². The van der Waals surface area contributed by atoms with Crippen molar-refractivity contribution in [1.82, 2.24) is 19.5 Å². The molecule has 144 valence electrons. The van der Waals surface area contributed by atoms with E-state index in [9.17, 15) is 18.0 Å². The number of hydrogen-bond donors (Lipinski definition) is 0. The number of fused-ring (bicyclic) bond motifs is 1. The molecule has 0 radical (unpaired) electrons. The highest BCUT2D eigenvalue weighted by Crippen LogP contribution is 2.40. The molecule has 0 saturated carbocycles. The lowest BCUT2D eigenvalue weighted by molar-refractivity contribution is -0.182. The first-order chi connectivity index (χ1) is 12.8. The molecule has 0 unspecified atom stereocenters. The fourth-order valence-corrected chi connectivity index (χ4v) is 4.52. The summed E-state index contributed by atoms with van der Waals surface area (Å²) in [5.74, 6) is -3.25. The highest BCUT2D eigenvalue weighted by atomic mass is 32.1. The van der Waals surface area contributed by atoms with E-state index in [1.54, 1.807) is 24.2 Å². The average molecular weight is 397 g/mol. The molecule has 1 amide bonds. The number of carbonyl (C=O) groups is 1. The Labute approximate surface area is 158 Å². The molecule has 6 nitrogen and oxygen atoms in total. The molecule has 0 aromatic carbocycles. The molecule has 1 saturated heterocycles. The Kier molecular flexibility index (Phi) is 4.63. The third kappa shape index (κ3) is 3.43. The second-order valence-corrected chi connectivity index (χ2v) is 7.81. The van der Waals surface area contributed by atoms with Crippen molar-refractivity contribution in [1.29, 1.82) is 0 Å². The van der Waals surface area contributed by atoms with Gasteiger partial charge in [-0.05, 0) is 36.5 Å². The number of aromatic nitrogens is 3. The molecule has 0 spiro atoms. The number of aryl methyl sites for hydroxylation is 1. The summed E-state index contributed by atoms with van der Waals surface area (Å²) in [5.41, 5.74) is 2.30. The van der Waals surface area contributed by atoms with Gasteiger partial charge in [0.15, 0.2) is 0 Å². The maximum atomic E-state index is 13.7. The Hall–Kier alpha value is -2.07. The first kappa shape index (κ1) is 18.3. The SMILES string of the molecule is Cc1nnsc1CN1C[C@H](C(=O)N2CCc3ccncc32)[C@@H](C(F)(F)F)C1. The standard InChI is InChI=1S/C17H18F3N5OS/c1-10-15(27-23-22-10)9-24-7-12(13(8-24)17(18,19)20)16(26)25-5-3-11-2-4-21-6-14(11)25/h2,4,6,12-13H,3,5,7-9H2,1H3/t12-,13-/m0/s1. The van der Waals surface area contributed by atoms with Crippen LogP contribution in [-0.2, 0) is 17.8 Å². The normalized spacial score (nSPS) is 23.0. The van der Waals surface area contributed by atoms with E-state index in [0.29, 0.717) is 25.2 Å². The predicted molar refractivity (Wildman–Crippen MR) is 93.3 cm³/mol. The van der Waals surface area contributed by atoms with Crippen LogP contribution in [0.5, 0.6) is 0 Å². The summed E-state index contributed by atoms with van der Waals surface area (Å²) in [6.45, 7) is 2.40. The van der Waals surface area contributed by atoms with Gasteiger partial charge in [0.05, 0.1) is 34.3 Å². The van der Waals surface area contributed by atoms with Crippen molar-refractivity contribution >= 4 is 23.1 Å². The Morgan fingerprint density at radius 3 is 2.89 bits per heavy atom. The van der Waals surface area contributed by atoms with Gasteiger partial charge in [0.25, 0.3) is 0 Å². The van der Waals surface area contributed by atoms with Gasteiger partial charge in [0.1, 0.15) is 0 Å². The van der Waals surface area contributed by atoms with Gasteiger partial charge in [-0.15, -0.1) is 5.10 Å². The van der Waals surface area contributed by atoms with E-state index < -0.39 is 23.9 Å². The third-order valence-corrected chi connectivity index (χ3v) is 6.10. The van der Waals surface area contributed by atoms with Crippen LogP contribution < -0.4 is 4.90 Å². The van der Waals surface area contributed by atoms with Crippen molar-refractivity contribution in [3.63, 3.8) is 0 Å². The molecule has 0 bridgehead atoms. The number of halogens is 3. The molecular weight excluding hydrogens is 379 g/mol. The van der Waals surface area contributed by atoms with Gasteiger partial charge in [-0.3, -0.25) is 14.7 Å². The van der Waals surface area contributed by atoms with Crippen molar-refractivity contribution in [3.8, 4) is 0 Å². The summed E-state index contributed by atoms with van der Waals surface area (Å²) in [6, 6.07) is 1.81. The molecule has 1 fully saturated rings. The molecule has 4 rings (SSSR count). The molecule has 4 heterocycles. The highest BCUT2D eigenvalue weighted by Gasteiger charge is 2.53. The fraction of sp³-hybridized carbons (Fsp3) is 0.529. The largest absolute Gasteiger partial charge is 0.393 e. The lowest BCUT2D eigenvalue weighted by Crippen LogP contribution is -2.42. The molecule has 2 aromatic rings. The molecule has 10 heteroatoms. The quantitative estimate of drug-likeness (QED) is 0.796. The van der Waals surface area contributed by atoms with Gasteiger partial charge in [-0.1, -0.05) is 4.49 Å². The zero-order chi connectivity index (χ0) is 19.2. The smallest absolute Gasteiger partial charge is 0.310 e. The topological polar surface area (TPSA) is 62.2 Å². The van der Waals surface area contributed by atoms with Crippen molar-refractivity contribution in [2.45, 2.75) is 26.1 Å². The van der Waals surface area contributed by atoms with Crippen LogP contribution in [0.1, 0.15) is 16.1 Å². The minimum atomic E-state index is -4.42. The van der Waals surface area contributed by atoms with Gasteiger partial charge >= 0.3 is 6.18 Å². The second-order valence-electron chi connectivity index (χ2n) is 6.97. The van der Waals surface area contributed by atoms with Crippen molar-refractivity contribution in [3.05, 3.63) is 34.6 Å². The molecule has 2 atom stereocenters. The summed E-state index contributed by atoms with van der Waals surface area (Å²) in [6.07, 6.45) is -0.591. The molecule has 0 N–H and O–H groups in total. The average Bonchev–Trinajstić information content (AvgIpc) is 3.33. The Balaban J connectivity index is 1.56. The summed E-state index contributed by atoms with van der Waals surface area (Å²) >= 11 is 1.18. The first-order valence-corrected chi connectivity index (χ1v) is 9.43. The zero-order valence-corrected chi connectivity index (χ0v) is 15.4. The molecule has 2 aliphatic rings. The van der Waals surface area contributed by atoms with Crippen LogP contribution in [0.4, 0.5) is 18.9 Å². The fourth-order valence-electron chi connectivity index (χ4n) is 3.85. The number of likely N-dealkylation sites (tertiary alicyclic amines) is 1. The number of amides is 1. The van der Waals surface area contributed by atoms with Gasteiger partial charge in [0.2, 0.25) is 5.91 Å². The minimum absolute atomic E-state index is 0.0758. The number of anilines is 1. The maximum Gasteiger partial charge on any atom is 0.393 e. The summed E-state index contributed by atoms with van der Waals surface area (Å²) < 4.78 is 44.8. The molecular formula is C17H18F3N5OS. The minimum Gasteiger partial charge on any atom is -0.310 e. The summed E-state index contributed by atoms with van der Waals surface area (Å²) in [5, 5.41) is 3.91. The van der Waals surface area contributed by atoms with E-state index in [2.05, 4.69) is 14.6 Å². The van der Waals surface area contributed by atoms with Crippen LogP contribution in [0, 0.1) is 18.8 Å². The van der Waals surface area contributed by atoms with Crippen LogP contribution in [0.15, 0.2) is 18.5 Å². The molecule has 2 aromatic heterocycles. The van der Waals surface area contributed by atoms with Crippen molar-refractivity contribution in [2.24, 2.45) is 11.8 Å². The molecule has 2 aliphatic heterocycles. The van der Waals surface area contributed by atoms with Gasteiger partial charge in [0, 0.05) is 32.4 Å². The predicted octanol–water partition coefficient (Wildman–Crippen LogP) is 2.44. The lowest BCUT2D eigenvalue weighted by atomic mass is 9.94. The highest BCUT2D eigenvalue weighted by molar-refractivity contribution is 7.05. The number of carbonyl (C=O) groups excluding carboxylic acids is 1. The molecule has 27 heavy (non-hydrogen) atoms. The van der Waals surface area contributed by atoms with E-state index in [1.807, 2.05) is 6.07 Å². The van der Waals surface area contributed by atoms with Crippen LogP contribution >= 0.6 is 11.5 Å². The van der Waals surface area contributed by atoms with Gasteiger partial charge in [-0.2, -0.15) is 13.2 Å². The van der Waals surface area contributed by atoms with E-state index >= 15 is 0 Å². The summed E-state index contributed by atoms with van der Waals surface area (Å²) in [7, 11) is 0. The second kappa shape index (κ2) is 6.83. The lowest BCUT2D eigenvalue weighted by Gasteiger charge is -2.25. The van der Waals surface area contributed by atoms with Crippen LogP contribution in [-0.4, -0.2) is 51.2 Å². The summed E-state index contributed by atoms with van der Waals surface area (Å²) in [4.78, 5) is 21.0. The van der Waals surface area contributed by atoms with Gasteiger partial charge in [-0.25, -0.2) is 0 Å². The third-order valence-electron chi connectivity index (χ3n) is 5.29. The van der Waals surface area contributed by atoms with Crippen LogP contribution in [0.2, 0.25) is 0 Å².